The zero-order valence-corrected chi connectivity index (χ0v) is 20.6. The van der Waals surface area contributed by atoms with Crippen molar-refractivity contribution in [3.8, 4) is 11.5 Å². The standard InChI is InChI=1S/C28H23ClN2O5/c1-15-22(18-7-4-5-8-19(18)30-15)25-24(26(32)23-20(35-2)9-6-10-21(23)36-3)27(33)28(34)31(25)17-13-11-16(29)12-14-17/h4-14,25,30,32H,1-3H3/b26-24+. The van der Waals surface area contributed by atoms with E-state index < -0.39 is 17.7 Å². The summed E-state index contributed by atoms with van der Waals surface area (Å²) in [6.45, 7) is 1.88. The molecular weight excluding hydrogens is 480 g/mol. The summed E-state index contributed by atoms with van der Waals surface area (Å²) in [6.07, 6.45) is 0. The van der Waals surface area contributed by atoms with E-state index in [1.165, 1.54) is 19.1 Å². The van der Waals surface area contributed by atoms with Crippen LogP contribution in [0.4, 0.5) is 5.69 Å². The molecule has 182 valence electrons. The lowest BCUT2D eigenvalue weighted by molar-refractivity contribution is -0.132. The number of aromatic amines is 1. The number of aliphatic hydroxyl groups excluding tert-OH is 1. The van der Waals surface area contributed by atoms with Crippen molar-refractivity contribution in [2.24, 2.45) is 0 Å². The van der Waals surface area contributed by atoms with Gasteiger partial charge in [0.15, 0.2) is 0 Å². The van der Waals surface area contributed by atoms with Gasteiger partial charge in [0.25, 0.3) is 11.7 Å². The second kappa shape index (κ2) is 9.09. The Morgan fingerprint density at radius 3 is 2.22 bits per heavy atom. The Kier molecular flexibility index (Phi) is 5.94. The minimum Gasteiger partial charge on any atom is -0.506 e. The summed E-state index contributed by atoms with van der Waals surface area (Å²) in [5.74, 6) is -1.35. The molecule has 7 nitrogen and oxygen atoms in total. The highest BCUT2D eigenvalue weighted by atomic mass is 35.5. The van der Waals surface area contributed by atoms with Crippen molar-refractivity contribution in [2.75, 3.05) is 19.1 Å². The number of fused-ring (bicyclic) bond motifs is 1. The average molecular weight is 503 g/mol. The first-order chi connectivity index (χ1) is 17.4. The number of rotatable bonds is 5. The number of H-pyrrole nitrogens is 1. The molecular formula is C28H23ClN2O5. The van der Waals surface area contributed by atoms with Crippen LogP contribution in [-0.2, 0) is 9.59 Å². The average Bonchev–Trinajstić information content (AvgIpc) is 3.35. The minimum absolute atomic E-state index is 0.0643. The van der Waals surface area contributed by atoms with Gasteiger partial charge in [0.05, 0.1) is 25.8 Å². The Morgan fingerprint density at radius 2 is 1.58 bits per heavy atom. The predicted octanol–water partition coefficient (Wildman–Crippen LogP) is 5.77. The Morgan fingerprint density at radius 1 is 0.944 bits per heavy atom. The second-order valence-corrected chi connectivity index (χ2v) is 8.83. The van der Waals surface area contributed by atoms with Crippen LogP contribution in [0.5, 0.6) is 11.5 Å². The maximum absolute atomic E-state index is 13.6. The van der Waals surface area contributed by atoms with Gasteiger partial charge < -0.3 is 19.6 Å². The molecule has 36 heavy (non-hydrogen) atoms. The van der Waals surface area contributed by atoms with Crippen LogP contribution in [0.25, 0.3) is 16.7 Å². The topological polar surface area (TPSA) is 91.9 Å². The second-order valence-electron chi connectivity index (χ2n) is 8.39. The number of ether oxygens (including phenoxy) is 2. The highest BCUT2D eigenvalue weighted by Crippen LogP contribution is 2.47. The Labute approximate surface area is 212 Å². The summed E-state index contributed by atoms with van der Waals surface area (Å²) >= 11 is 6.10. The van der Waals surface area contributed by atoms with E-state index in [1.807, 2.05) is 31.2 Å². The molecule has 1 atom stereocenters. The molecule has 0 saturated carbocycles. The number of aliphatic hydroxyl groups is 1. The summed E-state index contributed by atoms with van der Waals surface area (Å²) < 4.78 is 10.9. The van der Waals surface area contributed by atoms with E-state index >= 15 is 0 Å². The molecule has 3 aromatic carbocycles. The number of aryl methyl sites for hydroxylation is 1. The molecule has 1 aliphatic heterocycles. The summed E-state index contributed by atoms with van der Waals surface area (Å²) in [4.78, 5) is 31.9. The van der Waals surface area contributed by atoms with Crippen LogP contribution in [0.3, 0.4) is 0 Å². The number of halogens is 1. The smallest absolute Gasteiger partial charge is 0.300 e. The van der Waals surface area contributed by atoms with Crippen molar-refractivity contribution in [2.45, 2.75) is 13.0 Å². The van der Waals surface area contributed by atoms with Gasteiger partial charge in [0, 0.05) is 32.9 Å². The third-order valence-electron chi connectivity index (χ3n) is 6.43. The Hall–Kier alpha value is -4.23. The molecule has 0 aliphatic carbocycles. The molecule has 0 bridgehead atoms. The zero-order chi connectivity index (χ0) is 25.6. The normalized spacial score (nSPS) is 17.1. The van der Waals surface area contributed by atoms with Gasteiger partial charge in [-0.25, -0.2) is 0 Å². The molecule has 2 heterocycles. The van der Waals surface area contributed by atoms with Crippen molar-refractivity contribution in [1.82, 2.24) is 4.98 Å². The summed E-state index contributed by atoms with van der Waals surface area (Å²) in [5, 5.41) is 13.0. The van der Waals surface area contributed by atoms with E-state index in [0.717, 1.165) is 16.6 Å². The third-order valence-corrected chi connectivity index (χ3v) is 6.68. The highest BCUT2D eigenvalue weighted by molar-refractivity contribution is 6.52. The number of nitrogens with zero attached hydrogens (tertiary/aromatic N) is 1. The molecule has 4 aromatic rings. The number of carbonyl (C=O) groups excluding carboxylic acids is 2. The van der Waals surface area contributed by atoms with Gasteiger partial charge in [0.1, 0.15) is 22.8 Å². The Balaban J connectivity index is 1.86. The first-order valence-electron chi connectivity index (χ1n) is 11.2. The fourth-order valence-corrected chi connectivity index (χ4v) is 4.97. The van der Waals surface area contributed by atoms with Crippen molar-refractivity contribution < 1.29 is 24.2 Å². The van der Waals surface area contributed by atoms with Gasteiger partial charge in [-0.05, 0) is 49.4 Å². The SMILES string of the molecule is COc1cccc(OC)c1/C(O)=C1\C(=O)C(=O)N(c2ccc(Cl)cc2)C1c1c(C)[nH]c2ccccc12. The molecule has 0 radical (unpaired) electrons. The number of methoxy groups -OCH3 is 2. The summed E-state index contributed by atoms with van der Waals surface area (Å²) in [7, 11) is 2.91. The molecule has 1 fully saturated rings. The highest BCUT2D eigenvalue weighted by Gasteiger charge is 2.48. The van der Waals surface area contributed by atoms with Gasteiger partial charge >= 0.3 is 0 Å². The predicted molar refractivity (Wildman–Crippen MR) is 139 cm³/mol. The molecule has 1 aliphatic rings. The lowest BCUT2D eigenvalue weighted by Crippen LogP contribution is -2.29. The van der Waals surface area contributed by atoms with E-state index in [-0.39, 0.29) is 16.9 Å². The van der Waals surface area contributed by atoms with Crippen molar-refractivity contribution in [3.05, 3.63) is 94.1 Å². The van der Waals surface area contributed by atoms with Gasteiger partial charge in [0.2, 0.25) is 0 Å². The van der Waals surface area contributed by atoms with Crippen LogP contribution in [0.15, 0.2) is 72.3 Å². The maximum atomic E-state index is 13.6. The fraction of sp³-hybridized carbons (Fsp3) is 0.143. The number of Topliss-reactive ketones (excluding diaryl/α,β-unsaturated/α-hetero) is 1. The number of carbonyl (C=O) groups is 2. The minimum atomic E-state index is -0.919. The molecule has 2 N–H and O–H groups in total. The first kappa shape index (κ1) is 23.5. The van der Waals surface area contributed by atoms with Gasteiger partial charge in [-0.1, -0.05) is 35.9 Å². The first-order valence-corrected chi connectivity index (χ1v) is 11.6. The maximum Gasteiger partial charge on any atom is 0.300 e. The lowest BCUT2D eigenvalue weighted by Gasteiger charge is -2.26. The largest absolute Gasteiger partial charge is 0.506 e. The fourth-order valence-electron chi connectivity index (χ4n) is 4.84. The van der Waals surface area contributed by atoms with E-state index in [1.54, 1.807) is 42.5 Å². The summed E-state index contributed by atoms with van der Waals surface area (Å²) in [5.41, 5.74) is 2.92. The van der Waals surface area contributed by atoms with Gasteiger partial charge in [-0.3, -0.25) is 14.5 Å². The van der Waals surface area contributed by atoms with Gasteiger partial charge in [-0.15, -0.1) is 0 Å². The monoisotopic (exact) mass is 502 g/mol. The van der Waals surface area contributed by atoms with Crippen LogP contribution in [0.2, 0.25) is 5.02 Å². The van der Waals surface area contributed by atoms with Crippen LogP contribution >= 0.6 is 11.6 Å². The van der Waals surface area contributed by atoms with Gasteiger partial charge in [-0.2, -0.15) is 0 Å². The molecule has 0 spiro atoms. The summed E-state index contributed by atoms with van der Waals surface area (Å²) in [6, 6.07) is 18.4. The number of aromatic nitrogens is 1. The van der Waals surface area contributed by atoms with Crippen molar-refractivity contribution in [1.29, 1.82) is 0 Å². The van der Waals surface area contributed by atoms with Crippen LogP contribution < -0.4 is 14.4 Å². The van der Waals surface area contributed by atoms with Crippen LogP contribution in [0.1, 0.15) is 22.9 Å². The van der Waals surface area contributed by atoms with E-state index in [0.29, 0.717) is 27.8 Å². The van der Waals surface area contributed by atoms with Crippen molar-refractivity contribution in [3.63, 3.8) is 0 Å². The number of nitrogens with one attached hydrogen (secondary N) is 1. The van der Waals surface area contributed by atoms with E-state index in [2.05, 4.69) is 4.98 Å². The number of anilines is 1. The lowest BCUT2D eigenvalue weighted by atomic mass is 9.92. The van der Waals surface area contributed by atoms with Crippen molar-refractivity contribution >= 4 is 45.6 Å². The molecule has 1 aromatic heterocycles. The quantitative estimate of drug-likeness (QED) is 0.205. The third kappa shape index (κ3) is 3.60. The molecule has 1 saturated heterocycles. The Bertz CT molecular complexity index is 1520. The molecule has 1 unspecified atom stereocenters. The van der Waals surface area contributed by atoms with E-state index in [4.69, 9.17) is 21.1 Å². The molecule has 8 heteroatoms. The number of ketones is 1. The van der Waals surface area contributed by atoms with E-state index in [9.17, 15) is 14.7 Å². The zero-order valence-electron chi connectivity index (χ0n) is 19.8. The number of amides is 1. The van der Waals surface area contributed by atoms with Crippen LogP contribution in [-0.4, -0.2) is 36.0 Å². The molecule has 5 rings (SSSR count). The number of benzene rings is 3. The number of hydrogen-bond donors (Lipinski definition) is 2. The molecule has 1 amide bonds. The number of para-hydroxylation sites is 1. The van der Waals surface area contributed by atoms with Crippen LogP contribution in [0, 0.1) is 6.92 Å². The number of hydrogen-bond acceptors (Lipinski definition) is 5.